The number of nitrogens with two attached hydrogens (primary N) is 2. The molecule has 4 N–H and O–H groups in total. The maximum absolute atomic E-state index is 6.01. The number of azo groups is 1. The van der Waals surface area contributed by atoms with E-state index in [4.69, 9.17) is 23.1 Å². The third-order valence-corrected chi connectivity index (χ3v) is 3.13. The highest BCUT2D eigenvalue weighted by molar-refractivity contribution is 6.33. The summed E-state index contributed by atoms with van der Waals surface area (Å²) < 4.78 is 0. The lowest BCUT2D eigenvalue weighted by Crippen LogP contribution is -1.89. The first-order valence-corrected chi connectivity index (χ1v) is 6.18. The topological polar surface area (TPSA) is 76.8 Å². The summed E-state index contributed by atoms with van der Waals surface area (Å²) in [5.41, 5.74) is 16.1. The number of nitrogens with zero attached hydrogens (tertiary/aromatic N) is 2. The number of nitrogen functional groups attached to an aromatic ring is 2. The Morgan fingerprint density at radius 3 is 2.32 bits per heavy atom. The first-order chi connectivity index (χ1) is 8.97. The molecule has 0 fully saturated rings. The van der Waals surface area contributed by atoms with Gasteiger partial charge in [-0.3, -0.25) is 0 Å². The Morgan fingerprint density at radius 1 is 0.947 bits per heavy atom. The molecule has 2 rings (SSSR count). The van der Waals surface area contributed by atoms with Gasteiger partial charge in [0, 0.05) is 5.69 Å². The average Bonchev–Trinajstić information content (AvgIpc) is 2.34. The molecule has 2 aromatic rings. The van der Waals surface area contributed by atoms with Crippen molar-refractivity contribution in [2.45, 2.75) is 13.8 Å². The quantitative estimate of drug-likeness (QED) is 0.623. The zero-order valence-electron chi connectivity index (χ0n) is 10.8. The fourth-order valence-electron chi connectivity index (χ4n) is 1.70. The lowest BCUT2D eigenvalue weighted by Gasteiger charge is -2.04. The van der Waals surface area contributed by atoms with E-state index >= 15 is 0 Å². The maximum atomic E-state index is 6.01. The summed E-state index contributed by atoms with van der Waals surface area (Å²) in [6.07, 6.45) is 0. The van der Waals surface area contributed by atoms with Gasteiger partial charge in [-0.2, -0.15) is 10.2 Å². The van der Waals surface area contributed by atoms with Crippen LogP contribution in [0.5, 0.6) is 0 Å². The lowest BCUT2D eigenvalue weighted by atomic mass is 10.2. The highest BCUT2D eigenvalue weighted by Crippen LogP contribution is 2.30. The summed E-state index contributed by atoms with van der Waals surface area (Å²) in [4.78, 5) is 0. The first kappa shape index (κ1) is 13.4. The van der Waals surface area contributed by atoms with Crippen LogP contribution >= 0.6 is 11.6 Å². The Morgan fingerprint density at radius 2 is 1.68 bits per heavy atom. The molecular weight excluding hydrogens is 260 g/mol. The Hall–Kier alpha value is -2.07. The molecule has 98 valence electrons. The predicted molar refractivity (Wildman–Crippen MR) is 80.4 cm³/mol. The van der Waals surface area contributed by atoms with Gasteiger partial charge in [0.2, 0.25) is 0 Å². The number of rotatable bonds is 2. The molecule has 0 aliphatic heterocycles. The molecule has 0 heterocycles. The highest BCUT2D eigenvalue weighted by Gasteiger charge is 2.03. The minimum absolute atomic E-state index is 0.489. The molecule has 0 atom stereocenters. The molecule has 0 spiro atoms. The summed E-state index contributed by atoms with van der Waals surface area (Å²) in [5.74, 6) is 0. The van der Waals surface area contributed by atoms with Gasteiger partial charge in [0.1, 0.15) is 0 Å². The molecule has 0 unspecified atom stereocenters. The van der Waals surface area contributed by atoms with Crippen LogP contribution in [0, 0.1) is 13.8 Å². The largest absolute Gasteiger partial charge is 0.399 e. The van der Waals surface area contributed by atoms with Crippen molar-refractivity contribution >= 4 is 34.4 Å². The van der Waals surface area contributed by atoms with Gasteiger partial charge in [0.15, 0.2) is 0 Å². The Bertz CT molecular complexity index is 627. The van der Waals surface area contributed by atoms with Crippen molar-refractivity contribution in [1.82, 2.24) is 0 Å². The van der Waals surface area contributed by atoms with Crippen LogP contribution in [0.15, 0.2) is 40.6 Å². The molecule has 19 heavy (non-hydrogen) atoms. The third kappa shape index (κ3) is 3.03. The van der Waals surface area contributed by atoms with E-state index < -0.39 is 0 Å². The molecule has 0 radical (unpaired) electrons. The Kier molecular flexibility index (Phi) is 3.71. The second-order valence-electron chi connectivity index (χ2n) is 4.40. The standard InChI is InChI=1S/C14H15ClN4/c1-8-5-10(16)3-4-13(8)19-18-11-6-9(2)14(17)12(15)7-11/h3-7H,16-17H2,1-2H3. The van der Waals surface area contributed by atoms with Crippen molar-refractivity contribution < 1.29 is 0 Å². The van der Waals surface area contributed by atoms with Crippen molar-refractivity contribution in [3.63, 3.8) is 0 Å². The van der Waals surface area contributed by atoms with E-state index in [0.717, 1.165) is 16.8 Å². The number of benzene rings is 2. The van der Waals surface area contributed by atoms with E-state index in [9.17, 15) is 0 Å². The van der Waals surface area contributed by atoms with Gasteiger partial charge in [0.25, 0.3) is 0 Å². The van der Waals surface area contributed by atoms with Crippen molar-refractivity contribution in [2.24, 2.45) is 10.2 Å². The number of halogens is 1. The van der Waals surface area contributed by atoms with Gasteiger partial charge in [-0.25, -0.2) is 0 Å². The Balaban J connectivity index is 2.32. The molecule has 0 aliphatic rings. The monoisotopic (exact) mass is 274 g/mol. The van der Waals surface area contributed by atoms with Crippen molar-refractivity contribution in [1.29, 1.82) is 0 Å². The number of anilines is 2. The second kappa shape index (κ2) is 5.28. The molecule has 5 heteroatoms. The Labute approximate surface area is 117 Å². The summed E-state index contributed by atoms with van der Waals surface area (Å²) >= 11 is 6.01. The molecule has 0 aliphatic carbocycles. The highest BCUT2D eigenvalue weighted by atomic mass is 35.5. The molecule has 2 aromatic carbocycles. The minimum Gasteiger partial charge on any atom is -0.399 e. The fraction of sp³-hybridized carbons (Fsp3) is 0.143. The van der Waals surface area contributed by atoms with Crippen LogP contribution in [-0.2, 0) is 0 Å². The normalized spacial score (nSPS) is 11.1. The molecule has 0 saturated carbocycles. The predicted octanol–water partition coefficient (Wildman–Crippen LogP) is 4.54. The lowest BCUT2D eigenvalue weighted by molar-refractivity contribution is 1.21. The summed E-state index contributed by atoms with van der Waals surface area (Å²) in [6, 6.07) is 9.02. The third-order valence-electron chi connectivity index (χ3n) is 2.82. The van der Waals surface area contributed by atoms with Crippen LogP contribution in [0.3, 0.4) is 0 Å². The van der Waals surface area contributed by atoms with Crippen LogP contribution < -0.4 is 11.5 Å². The van der Waals surface area contributed by atoms with Crippen LogP contribution in [-0.4, -0.2) is 0 Å². The van der Waals surface area contributed by atoms with E-state index in [1.807, 2.05) is 32.0 Å². The molecule has 0 amide bonds. The average molecular weight is 275 g/mol. The van der Waals surface area contributed by atoms with Crippen molar-refractivity contribution in [2.75, 3.05) is 11.5 Å². The van der Waals surface area contributed by atoms with Crippen molar-refractivity contribution in [3.8, 4) is 0 Å². The molecule has 4 nitrogen and oxygen atoms in total. The molecule has 0 bridgehead atoms. The number of aryl methyl sites for hydroxylation is 2. The van der Waals surface area contributed by atoms with Crippen LogP contribution in [0.1, 0.15) is 11.1 Å². The zero-order valence-corrected chi connectivity index (χ0v) is 11.6. The smallest absolute Gasteiger partial charge is 0.0887 e. The minimum atomic E-state index is 0.489. The SMILES string of the molecule is Cc1cc(N)ccc1N=Nc1cc(C)c(N)c(Cl)c1. The van der Waals surface area contributed by atoms with E-state index in [2.05, 4.69) is 10.2 Å². The number of hydrogen-bond donors (Lipinski definition) is 2. The molecule has 0 saturated heterocycles. The molecular formula is C14H15ClN4. The summed E-state index contributed by atoms with van der Waals surface area (Å²) in [5, 5.41) is 8.86. The van der Waals surface area contributed by atoms with E-state index in [1.54, 1.807) is 12.1 Å². The summed E-state index contributed by atoms with van der Waals surface area (Å²) in [6.45, 7) is 3.82. The fourth-order valence-corrected chi connectivity index (χ4v) is 1.96. The van der Waals surface area contributed by atoms with Crippen LogP contribution in [0.2, 0.25) is 5.02 Å². The van der Waals surface area contributed by atoms with E-state index in [-0.39, 0.29) is 0 Å². The van der Waals surface area contributed by atoms with Gasteiger partial charge < -0.3 is 11.5 Å². The van der Waals surface area contributed by atoms with Gasteiger partial charge in [-0.15, -0.1) is 0 Å². The molecule has 0 aromatic heterocycles. The van der Waals surface area contributed by atoms with Gasteiger partial charge >= 0.3 is 0 Å². The van der Waals surface area contributed by atoms with Crippen molar-refractivity contribution in [3.05, 3.63) is 46.5 Å². The summed E-state index contributed by atoms with van der Waals surface area (Å²) in [7, 11) is 0. The number of hydrogen-bond acceptors (Lipinski definition) is 4. The second-order valence-corrected chi connectivity index (χ2v) is 4.81. The van der Waals surface area contributed by atoms with E-state index in [1.165, 1.54) is 0 Å². The first-order valence-electron chi connectivity index (χ1n) is 5.81. The van der Waals surface area contributed by atoms with Gasteiger partial charge in [-0.05, 0) is 55.3 Å². The van der Waals surface area contributed by atoms with Crippen LogP contribution in [0.4, 0.5) is 22.7 Å². The van der Waals surface area contributed by atoms with Gasteiger partial charge in [-0.1, -0.05) is 11.6 Å². The van der Waals surface area contributed by atoms with Crippen LogP contribution in [0.25, 0.3) is 0 Å². The maximum Gasteiger partial charge on any atom is 0.0887 e. The van der Waals surface area contributed by atoms with Gasteiger partial charge in [0.05, 0.1) is 22.1 Å². The zero-order chi connectivity index (χ0) is 14.0. The van der Waals surface area contributed by atoms with E-state index in [0.29, 0.717) is 22.1 Å².